The first-order chi connectivity index (χ1) is 13.1. The second-order valence-electron chi connectivity index (χ2n) is 5.62. The van der Waals surface area contributed by atoms with Gasteiger partial charge in [-0.1, -0.05) is 22.0 Å². The molecule has 0 radical (unpaired) electrons. The van der Waals surface area contributed by atoms with Crippen LogP contribution in [0.5, 0.6) is 5.75 Å². The van der Waals surface area contributed by atoms with Crippen LogP contribution in [0.15, 0.2) is 59.3 Å². The topological polar surface area (TPSA) is 96.8 Å². The third-order valence-corrected chi connectivity index (χ3v) is 4.11. The lowest BCUT2D eigenvalue weighted by Crippen LogP contribution is -2.48. The molecule has 0 aliphatic carbocycles. The molecule has 0 fully saturated rings. The van der Waals surface area contributed by atoms with Crippen LogP contribution in [0.25, 0.3) is 5.65 Å². The van der Waals surface area contributed by atoms with E-state index < -0.39 is 11.9 Å². The fraction of sp³-hybridized carbons (Fsp3) is 0.167. The lowest BCUT2D eigenvalue weighted by Gasteiger charge is -2.09. The van der Waals surface area contributed by atoms with Crippen LogP contribution in [0, 0.1) is 0 Å². The monoisotopic (exact) mass is 431 g/mol. The molecule has 3 aromatic rings. The number of fused-ring (bicyclic) bond motifs is 1. The number of carbonyl (C=O) groups excluding carboxylic acids is 2. The molecule has 0 spiro atoms. The average Bonchev–Trinajstić information content (AvgIpc) is 3.08. The molecule has 3 N–H and O–H groups in total. The Hall–Kier alpha value is -3.07. The van der Waals surface area contributed by atoms with Crippen molar-refractivity contribution in [3.05, 3.63) is 65.0 Å². The van der Waals surface area contributed by atoms with Crippen LogP contribution < -0.4 is 20.9 Å². The van der Waals surface area contributed by atoms with E-state index >= 15 is 0 Å². The minimum Gasteiger partial charge on any atom is -0.484 e. The molecule has 8 nitrogen and oxygen atoms in total. The number of carbonyl (C=O) groups is 2. The number of pyridine rings is 1. The number of benzene rings is 1. The number of urea groups is 1. The first kappa shape index (κ1) is 18.7. The molecule has 0 atom stereocenters. The molecular formula is C18H18BrN5O3. The molecule has 27 heavy (non-hydrogen) atoms. The molecule has 0 aliphatic rings. The third-order valence-electron chi connectivity index (χ3n) is 3.58. The molecule has 0 unspecified atom stereocenters. The largest absolute Gasteiger partial charge is 0.484 e. The summed E-state index contributed by atoms with van der Waals surface area (Å²) in [6.45, 7) is 0.185. The number of hydrogen-bond donors (Lipinski definition) is 3. The Labute approximate surface area is 164 Å². The summed E-state index contributed by atoms with van der Waals surface area (Å²) in [5.74, 6) is 0.0960. The second-order valence-corrected chi connectivity index (χ2v) is 6.54. The van der Waals surface area contributed by atoms with Crippen LogP contribution in [0.3, 0.4) is 0 Å². The third kappa shape index (κ3) is 5.71. The lowest BCUT2D eigenvalue weighted by molar-refractivity contribution is -0.123. The van der Waals surface area contributed by atoms with Crippen molar-refractivity contribution in [1.29, 1.82) is 0 Å². The highest BCUT2D eigenvalue weighted by atomic mass is 79.9. The maximum absolute atomic E-state index is 11.7. The van der Waals surface area contributed by atoms with E-state index in [9.17, 15) is 9.59 Å². The summed E-state index contributed by atoms with van der Waals surface area (Å²) in [6, 6.07) is 12.3. The van der Waals surface area contributed by atoms with E-state index in [1.807, 2.05) is 47.1 Å². The van der Waals surface area contributed by atoms with Gasteiger partial charge in [0.25, 0.3) is 5.91 Å². The van der Waals surface area contributed by atoms with Crippen LogP contribution in [0.1, 0.15) is 5.69 Å². The Kier molecular flexibility index (Phi) is 6.26. The quantitative estimate of drug-likeness (QED) is 0.520. The highest BCUT2D eigenvalue weighted by molar-refractivity contribution is 9.10. The molecule has 3 amide bonds. The number of hydrazine groups is 1. The van der Waals surface area contributed by atoms with E-state index in [1.54, 1.807) is 12.1 Å². The molecule has 3 rings (SSSR count). The van der Waals surface area contributed by atoms with E-state index in [4.69, 9.17) is 4.74 Å². The van der Waals surface area contributed by atoms with Crippen LogP contribution >= 0.6 is 15.9 Å². The minimum absolute atomic E-state index is 0.205. The van der Waals surface area contributed by atoms with Gasteiger partial charge in [0.2, 0.25) is 0 Å². The fourth-order valence-corrected chi connectivity index (χ4v) is 2.56. The van der Waals surface area contributed by atoms with Crippen LogP contribution in [0.2, 0.25) is 0 Å². The molecule has 2 aromatic heterocycles. The molecule has 1 aromatic carbocycles. The van der Waals surface area contributed by atoms with Gasteiger partial charge in [-0.25, -0.2) is 15.2 Å². The van der Waals surface area contributed by atoms with Gasteiger partial charge in [0.05, 0.1) is 5.69 Å². The van der Waals surface area contributed by atoms with E-state index in [1.165, 1.54) is 0 Å². The maximum atomic E-state index is 11.7. The number of ether oxygens (including phenoxy) is 1. The van der Waals surface area contributed by atoms with Crippen LogP contribution in [-0.2, 0) is 11.2 Å². The number of imidazole rings is 1. The van der Waals surface area contributed by atoms with Crippen molar-refractivity contribution in [2.75, 3.05) is 13.2 Å². The van der Waals surface area contributed by atoms with Crippen molar-refractivity contribution in [1.82, 2.24) is 25.6 Å². The summed E-state index contributed by atoms with van der Waals surface area (Å²) < 4.78 is 8.14. The summed E-state index contributed by atoms with van der Waals surface area (Å²) in [6.07, 6.45) is 4.41. The summed E-state index contributed by atoms with van der Waals surface area (Å²) in [5, 5.41) is 2.65. The van der Waals surface area contributed by atoms with Crippen LogP contribution in [0.4, 0.5) is 4.79 Å². The fourth-order valence-electron chi connectivity index (χ4n) is 2.30. The number of nitrogens with zero attached hydrogens (tertiary/aromatic N) is 2. The standard InChI is InChI=1S/C18H18BrN5O3/c19-13-4-6-15(7-5-13)27-12-17(25)22-23-18(26)20-9-8-14-11-24-10-2-1-3-16(24)21-14/h1-7,10-11H,8-9,12H2,(H,22,25)(H2,20,23,26). The van der Waals surface area contributed by atoms with Crippen molar-refractivity contribution in [2.45, 2.75) is 6.42 Å². The second kappa shape index (κ2) is 9.04. The van der Waals surface area contributed by atoms with E-state index in [0.29, 0.717) is 18.7 Å². The van der Waals surface area contributed by atoms with Gasteiger partial charge < -0.3 is 14.5 Å². The van der Waals surface area contributed by atoms with Gasteiger partial charge in [0.1, 0.15) is 11.4 Å². The first-order valence-electron chi connectivity index (χ1n) is 8.24. The number of halogens is 1. The zero-order valence-electron chi connectivity index (χ0n) is 14.3. The Morgan fingerprint density at radius 3 is 2.70 bits per heavy atom. The van der Waals surface area contributed by atoms with Gasteiger partial charge in [-0.15, -0.1) is 0 Å². The number of hydrogen-bond acceptors (Lipinski definition) is 4. The average molecular weight is 432 g/mol. The molecule has 2 heterocycles. The predicted molar refractivity (Wildman–Crippen MR) is 103 cm³/mol. The van der Waals surface area contributed by atoms with E-state index in [0.717, 1.165) is 15.8 Å². The van der Waals surface area contributed by atoms with Crippen molar-refractivity contribution >= 4 is 33.5 Å². The SMILES string of the molecule is O=C(COc1ccc(Br)cc1)NNC(=O)NCCc1cn2ccccc2n1. The minimum atomic E-state index is -0.504. The summed E-state index contributed by atoms with van der Waals surface area (Å²) in [7, 11) is 0. The van der Waals surface area contributed by atoms with E-state index in [2.05, 4.69) is 37.1 Å². The van der Waals surface area contributed by atoms with Gasteiger partial charge >= 0.3 is 6.03 Å². The Morgan fingerprint density at radius 1 is 1.11 bits per heavy atom. The van der Waals surface area contributed by atoms with Crippen molar-refractivity contribution in [3.63, 3.8) is 0 Å². The maximum Gasteiger partial charge on any atom is 0.333 e. The highest BCUT2D eigenvalue weighted by Gasteiger charge is 2.06. The lowest BCUT2D eigenvalue weighted by atomic mass is 10.3. The van der Waals surface area contributed by atoms with Gasteiger partial charge in [-0.05, 0) is 36.4 Å². The van der Waals surface area contributed by atoms with Crippen molar-refractivity contribution < 1.29 is 14.3 Å². The summed E-state index contributed by atoms with van der Waals surface area (Å²) in [5.41, 5.74) is 6.28. The Bertz CT molecular complexity index is 893. The number of nitrogens with one attached hydrogen (secondary N) is 3. The number of rotatable bonds is 6. The Balaban J connectivity index is 1.33. The molecule has 0 bridgehead atoms. The van der Waals surface area contributed by atoms with Crippen LogP contribution in [-0.4, -0.2) is 34.5 Å². The molecule has 9 heteroatoms. The zero-order chi connectivity index (χ0) is 19.1. The Morgan fingerprint density at radius 2 is 1.93 bits per heavy atom. The smallest absolute Gasteiger partial charge is 0.333 e. The molecule has 0 saturated heterocycles. The van der Waals surface area contributed by atoms with Gasteiger partial charge in [0, 0.05) is 29.8 Å². The normalized spacial score (nSPS) is 10.4. The van der Waals surface area contributed by atoms with E-state index in [-0.39, 0.29) is 6.61 Å². The van der Waals surface area contributed by atoms with Crippen molar-refractivity contribution in [2.24, 2.45) is 0 Å². The first-order valence-corrected chi connectivity index (χ1v) is 9.03. The summed E-state index contributed by atoms with van der Waals surface area (Å²) in [4.78, 5) is 27.8. The predicted octanol–water partition coefficient (Wildman–Crippen LogP) is 2.05. The molecule has 0 saturated carbocycles. The molecule has 140 valence electrons. The van der Waals surface area contributed by atoms with Gasteiger partial charge in [-0.3, -0.25) is 10.2 Å². The number of amides is 3. The zero-order valence-corrected chi connectivity index (χ0v) is 15.9. The number of aromatic nitrogens is 2. The van der Waals surface area contributed by atoms with Gasteiger partial charge in [-0.2, -0.15) is 0 Å². The van der Waals surface area contributed by atoms with Crippen molar-refractivity contribution in [3.8, 4) is 5.75 Å². The van der Waals surface area contributed by atoms with Gasteiger partial charge in [0.15, 0.2) is 6.61 Å². The molecule has 0 aliphatic heterocycles. The molecular weight excluding hydrogens is 414 g/mol. The highest BCUT2D eigenvalue weighted by Crippen LogP contribution is 2.15. The summed E-state index contributed by atoms with van der Waals surface area (Å²) >= 11 is 3.32.